The van der Waals surface area contributed by atoms with E-state index in [1.165, 1.54) is 11.8 Å². The zero-order valence-electron chi connectivity index (χ0n) is 13.4. The Morgan fingerprint density at radius 3 is 2.52 bits per heavy atom. The van der Waals surface area contributed by atoms with Crippen molar-refractivity contribution in [1.29, 1.82) is 0 Å². The molecule has 25 heavy (non-hydrogen) atoms. The van der Waals surface area contributed by atoms with Gasteiger partial charge in [-0.3, -0.25) is 4.79 Å². The number of aromatic amines is 2. The van der Waals surface area contributed by atoms with Crippen LogP contribution in [0.1, 0.15) is 21.5 Å². The van der Waals surface area contributed by atoms with E-state index in [-0.39, 0.29) is 11.1 Å². The zero-order chi connectivity index (χ0) is 17.4. The number of hydrogen-bond acceptors (Lipinski definition) is 2. The Bertz CT molecular complexity index is 1140. The lowest BCUT2D eigenvalue weighted by Gasteiger charge is -2.06. The fraction of sp³-hybridized carbons (Fsp3) is 0.100. The first-order valence-electron chi connectivity index (χ1n) is 8.07. The average Bonchev–Trinajstić information content (AvgIpc) is 3.07. The van der Waals surface area contributed by atoms with Crippen LogP contribution in [0.4, 0.5) is 0 Å². The minimum absolute atomic E-state index is 0.117. The molecule has 2 heterocycles. The SMILES string of the molecule is O=C(O)c1c[nH]c2c(=O)[nH]c3ccc(CCc4ccccc4)cc3c12. The Kier molecular flexibility index (Phi) is 3.61. The van der Waals surface area contributed by atoms with Gasteiger partial charge < -0.3 is 15.1 Å². The van der Waals surface area contributed by atoms with E-state index in [2.05, 4.69) is 22.1 Å². The summed E-state index contributed by atoms with van der Waals surface area (Å²) in [7, 11) is 0. The topological polar surface area (TPSA) is 85.9 Å². The van der Waals surface area contributed by atoms with Crippen LogP contribution >= 0.6 is 0 Å². The van der Waals surface area contributed by atoms with Gasteiger partial charge in [0.05, 0.1) is 5.56 Å². The number of benzene rings is 2. The van der Waals surface area contributed by atoms with Crippen LogP contribution in [0.15, 0.2) is 59.5 Å². The molecule has 0 radical (unpaired) electrons. The summed E-state index contributed by atoms with van der Waals surface area (Å²) in [5.74, 6) is -1.05. The fourth-order valence-corrected chi connectivity index (χ4v) is 3.23. The number of aromatic nitrogens is 2. The Morgan fingerprint density at radius 1 is 1.00 bits per heavy atom. The molecule has 2 aromatic heterocycles. The number of carboxylic acid groups (broad SMARTS) is 1. The molecule has 0 atom stereocenters. The van der Waals surface area contributed by atoms with Gasteiger partial charge >= 0.3 is 5.97 Å². The second kappa shape index (κ2) is 5.94. The highest BCUT2D eigenvalue weighted by atomic mass is 16.4. The lowest BCUT2D eigenvalue weighted by molar-refractivity contribution is 0.0699. The number of pyridine rings is 1. The summed E-state index contributed by atoms with van der Waals surface area (Å²) in [6, 6.07) is 16.0. The Morgan fingerprint density at radius 2 is 1.76 bits per heavy atom. The molecule has 0 saturated carbocycles. The number of aromatic carboxylic acids is 1. The molecule has 4 aromatic rings. The van der Waals surface area contributed by atoms with E-state index in [1.54, 1.807) is 0 Å². The van der Waals surface area contributed by atoms with Crippen LogP contribution in [0.3, 0.4) is 0 Å². The van der Waals surface area contributed by atoms with Gasteiger partial charge in [-0.05, 0) is 36.1 Å². The van der Waals surface area contributed by atoms with E-state index in [0.717, 1.165) is 23.8 Å². The quantitative estimate of drug-likeness (QED) is 0.535. The molecule has 0 aliphatic rings. The molecule has 5 heteroatoms. The highest BCUT2D eigenvalue weighted by Crippen LogP contribution is 2.26. The summed E-state index contributed by atoms with van der Waals surface area (Å²) in [6.07, 6.45) is 3.11. The van der Waals surface area contributed by atoms with E-state index in [0.29, 0.717) is 16.4 Å². The molecule has 0 amide bonds. The van der Waals surface area contributed by atoms with Crippen molar-refractivity contribution in [2.45, 2.75) is 12.8 Å². The number of H-pyrrole nitrogens is 2. The Hall–Kier alpha value is -3.34. The third kappa shape index (κ3) is 2.70. The average molecular weight is 332 g/mol. The van der Waals surface area contributed by atoms with Crippen molar-refractivity contribution in [3.05, 3.63) is 81.8 Å². The molecule has 0 bridgehead atoms. The van der Waals surface area contributed by atoms with Crippen molar-refractivity contribution in [3.63, 3.8) is 0 Å². The van der Waals surface area contributed by atoms with Gasteiger partial charge in [0.15, 0.2) is 0 Å². The molecule has 5 nitrogen and oxygen atoms in total. The highest BCUT2D eigenvalue weighted by molar-refractivity contribution is 6.14. The van der Waals surface area contributed by atoms with Gasteiger partial charge in [0.1, 0.15) is 5.52 Å². The largest absolute Gasteiger partial charge is 0.478 e. The number of carbonyl (C=O) groups is 1. The first-order chi connectivity index (χ1) is 12.1. The van der Waals surface area contributed by atoms with E-state index < -0.39 is 5.97 Å². The maximum absolute atomic E-state index is 12.1. The third-order valence-electron chi connectivity index (χ3n) is 4.48. The smallest absolute Gasteiger partial charge is 0.337 e. The minimum Gasteiger partial charge on any atom is -0.478 e. The minimum atomic E-state index is -1.05. The van der Waals surface area contributed by atoms with Crippen LogP contribution in [-0.2, 0) is 12.8 Å². The van der Waals surface area contributed by atoms with Gasteiger partial charge in [0.2, 0.25) is 0 Å². The second-order valence-electron chi connectivity index (χ2n) is 6.08. The molecule has 4 rings (SSSR count). The number of carboxylic acids is 1. The second-order valence-corrected chi connectivity index (χ2v) is 6.08. The van der Waals surface area contributed by atoms with Gasteiger partial charge in [-0.1, -0.05) is 36.4 Å². The van der Waals surface area contributed by atoms with Crippen molar-refractivity contribution in [2.24, 2.45) is 0 Å². The van der Waals surface area contributed by atoms with Crippen LogP contribution < -0.4 is 5.56 Å². The summed E-state index contributed by atoms with van der Waals surface area (Å²) in [6.45, 7) is 0. The predicted molar refractivity (Wildman–Crippen MR) is 97.2 cm³/mol. The molecule has 2 aromatic carbocycles. The molecule has 0 spiro atoms. The molecule has 3 N–H and O–H groups in total. The van der Waals surface area contributed by atoms with Crippen LogP contribution in [-0.4, -0.2) is 21.0 Å². The molecule has 0 aliphatic carbocycles. The summed E-state index contributed by atoms with van der Waals surface area (Å²) >= 11 is 0. The van der Waals surface area contributed by atoms with Gasteiger partial charge in [-0.15, -0.1) is 0 Å². The van der Waals surface area contributed by atoms with Gasteiger partial charge in [-0.25, -0.2) is 4.79 Å². The fourth-order valence-electron chi connectivity index (χ4n) is 3.23. The maximum atomic E-state index is 12.1. The first kappa shape index (κ1) is 15.2. The summed E-state index contributed by atoms with van der Waals surface area (Å²) in [4.78, 5) is 29.2. The number of fused-ring (bicyclic) bond motifs is 3. The van der Waals surface area contributed by atoms with Crippen LogP contribution in [0.5, 0.6) is 0 Å². The van der Waals surface area contributed by atoms with Crippen molar-refractivity contribution in [2.75, 3.05) is 0 Å². The molecule has 0 fully saturated rings. The maximum Gasteiger partial charge on any atom is 0.337 e. The van der Waals surface area contributed by atoms with Gasteiger partial charge in [0.25, 0.3) is 5.56 Å². The summed E-state index contributed by atoms with van der Waals surface area (Å²) in [5, 5.41) is 10.6. The summed E-state index contributed by atoms with van der Waals surface area (Å²) in [5.41, 5.74) is 3.09. The highest BCUT2D eigenvalue weighted by Gasteiger charge is 2.16. The summed E-state index contributed by atoms with van der Waals surface area (Å²) < 4.78 is 0. The molecular weight excluding hydrogens is 316 g/mol. The molecule has 124 valence electrons. The van der Waals surface area contributed by atoms with Crippen LogP contribution in [0, 0.1) is 0 Å². The van der Waals surface area contributed by atoms with Crippen LogP contribution in [0.25, 0.3) is 21.8 Å². The van der Waals surface area contributed by atoms with E-state index >= 15 is 0 Å². The third-order valence-corrected chi connectivity index (χ3v) is 4.48. The predicted octanol–water partition coefficient (Wildman–Crippen LogP) is 3.49. The molecule has 0 aliphatic heterocycles. The van der Waals surface area contributed by atoms with Gasteiger partial charge in [0, 0.05) is 22.5 Å². The number of hydrogen-bond donors (Lipinski definition) is 3. The molecular formula is C20H16N2O3. The lowest BCUT2D eigenvalue weighted by Crippen LogP contribution is -2.07. The van der Waals surface area contributed by atoms with E-state index in [1.807, 2.05) is 36.4 Å². The van der Waals surface area contributed by atoms with E-state index in [9.17, 15) is 14.7 Å². The normalized spacial score (nSPS) is 11.2. The standard InChI is InChI=1S/C20H16N2O3/c23-19-18-17(15(11-21-18)20(24)25)14-10-13(8-9-16(14)22-19)7-6-12-4-2-1-3-5-12/h1-5,8-11,21H,6-7H2,(H,22,23)(H,24,25). The van der Waals surface area contributed by atoms with Crippen molar-refractivity contribution in [1.82, 2.24) is 9.97 Å². The van der Waals surface area contributed by atoms with E-state index in [4.69, 9.17) is 0 Å². The Labute approximate surface area is 142 Å². The molecule has 0 unspecified atom stereocenters. The van der Waals surface area contributed by atoms with Crippen LogP contribution in [0.2, 0.25) is 0 Å². The number of rotatable bonds is 4. The van der Waals surface area contributed by atoms with Gasteiger partial charge in [-0.2, -0.15) is 0 Å². The first-order valence-corrected chi connectivity index (χ1v) is 8.07. The Balaban J connectivity index is 1.82. The molecule has 0 saturated heterocycles. The zero-order valence-corrected chi connectivity index (χ0v) is 13.4. The monoisotopic (exact) mass is 332 g/mol. The van der Waals surface area contributed by atoms with Crippen molar-refractivity contribution < 1.29 is 9.90 Å². The van der Waals surface area contributed by atoms with Crippen molar-refractivity contribution in [3.8, 4) is 0 Å². The lowest BCUT2D eigenvalue weighted by atomic mass is 10.0. The number of nitrogens with one attached hydrogen (secondary N) is 2. The number of aryl methyl sites for hydroxylation is 2. The van der Waals surface area contributed by atoms with Crippen molar-refractivity contribution >= 4 is 27.8 Å².